The van der Waals surface area contributed by atoms with Gasteiger partial charge in [0.25, 0.3) is 0 Å². The number of rotatable bonds is 1. The number of hydrogen-bond donors (Lipinski definition) is 1. The summed E-state index contributed by atoms with van der Waals surface area (Å²) in [6, 6.07) is 4.05. The van der Waals surface area contributed by atoms with Crippen molar-refractivity contribution >= 4 is 0 Å². The van der Waals surface area contributed by atoms with E-state index in [1.807, 2.05) is 6.07 Å². The van der Waals surface area contributed by atoms with Crippen LogP contribution in [0, 0.1) is 0 Å². The second-order valence-corrected chi connectivity index (χ2v) is 2.97. The van der Waals surface area contributed by atoms with E-state index in [0.29, 0.717) is 5.92 Å². The Hall–Kier alpha value is -0.890. The summed E-state index contributed by atoms with van der Waals surface area (Å²) in [5, 5.41) is 8.97. The molecule has 0 radical (unpaired) electrons. The summed E-state index contributed by atoms with van der Waals surface area (Å²) in [5.74, 6) is 0.297. The molecule has 1 aliphatic rings. The molecule has 0 aliphatic heterocycles. The molecule has 0 saturated carbocycles. The van der Waals surface area contributed by atoms with Gasteiger partial charge in [0.1, 0.15) is 0 Å². The minimum Gasteiger partial charge on any atom is -0.396 e. The first-order valence-corrected chi connectivity index (χ1v) is 3.96. The number of aliphatic hydroxyl groups excluding tert-OH is 1. The number of fused-ring (bicyclic) bond motifs is 1. The second kappa shape index (κ2) is 2.62. The van der Waals surface area contributed by atoms with Crippen molar-refractivity contribution in [1.82, 2.24) is 4.98 Å². The van der Waals surface area contributed by atoms with Crippen LogP contribution in [0.4, 0.5) is 0 Å². The molecule has 1 aromatic heterocycles. The molecule has 0 amide bonds. The van der Waals surface area contributed by atoms with Crippen molar-refractivity contribution in [3.8, 4) is 0 Å². The lowest BCUT2D eigenvalue weighted by molar-refractivity contribution is 0.263. The predicted octanol–water partition coefficient (Wildman–Crippen LogP) is 1.10. The molecule has 0 aromatic carbocycles. The maximum absolute atomic E-state index is 8.97. The molecule has 1 aliphatic carbocycles. The summed E-state index contributed by atoms with van der Waals surface area (Å²) in [7, 11) is 0. The Morgan fingerprint density at radius 2 is 2.55 bits per heavy atom. The second-order valence-electron chi connectivity index (χ2n) is 2.97. The quantitative estimate of drug-likeness (QED) is 0.648. The molecule has 0 saturated heterocycles. The fraction of sp³-hybridized carbons (Fsp3) is 0.444. The van der Waals surface area contributed by atoms with Crippen molar-refractivity contribution in [2.75, 3.05) is 6.61 Å². The summed E-state index contributed by atoms with van der Waals surface area (Å²) >= 11 is 0. The highest BCUT2D eigenvalue weighted by Crippen LogP contribution is 2.29. The number of hydrogen-bond acceptors (Lipinski definition) is 2. The SMILES string of the molecule is OC[C@@H]1CCc2cccnc21. The Labute approximate surface area is 65.9 Å². The van der Waals surface area contributed by atoms with Crippen molar-refractivity contribution in [3.05, 3.63) is 29.6 Å². The first kappa shape index (κ1) is 6.80. The highest BCUT2D eigenvalue weighted by atomic mass is 16.3. The van der Waals surface area contributed by atoms with Crippen molar-refractivity contribution in [2.45, 2.75) is 18.8 Å². The third kappa shape index (κ3) is 1.03. The van der Waals surface area contributed by atoms with Crippen LogP contribution in [0.25, 0.3) is 0 Å². The van der Waals surface area contributed by atoms with Gasteiger partial charge in [-0.25, -0.2) is 0 Å². The van der Waals surface area contributed by atoms with Crippen LogP contribution in [0.3, 0.4) is 0 Å². The number of aromatic nitrogens is 1. The maximum Gasteiger partial charge on any atom is 0.0515 e. The van der Waals surface area contributed by atoms with Crippen LogP contribution < -0.4 is 0 Å². The highest BCUT2D eigenvalue weighted by molar-refractivity contribution is 5.28. The van der Waals surface area contributed by atoms with Crippen molar-refractivity contribution in [1.29, 1.82) is 0 Å². The van der Waals surface area contributed by atoms with E-state index in [1.165, 1.54) is 5.56 Å². The molecule has 0 bridgehead atoms. The molecule has 2 nitrogen and oxygen atoms in total. The van der Waals surface area contributed by atoms with Crippen LogP contribution in [0.15, 0.2) is 18.3 Å². The monoisotopic (exact) mass is 149 g/mol. The van der Waals surface area contributed by atoms with Gasteiger partial charge >= 0.3 is 0 Å². The Bertz CT molecular complexity index is 259. The van der Waals surface area contributed by atoms with Gasteiger partial charge in [-0.3, -0.25) is 4.98 Å². The topological polar surface area (TPSA) is 33.1 Å². The zero-order chi connectivity index (χ0) is 7.68. The van der Waals surface area contributed by atoms with E-state index in [1.54, 1.807) is 6.20 Å². The molecule has 2 rings (SSSR count). The van der Waals surface area contributed by atoms with Crippen LogP contribution in [0.5, 0.6) is 0 Å². The smallest absolute Gasteiger partial charge is 0.0515 e. The van der Waals surface area contributed by atoms with Crippen LogP contribution >= 0.6 is 0 Å². The Morgan fingerprint density at radius 1 is 1.64 bits per heavy atom. The largest absolute Gasteiger partial charge is 0.396 e. The maximum atomic E-state index is 8.97. The van der Waals surface area contributed by atoms with E-state index >= 15 is 0 Å². The zero-order valence-corrected chi connectivity index (χ0v) is 6.33. The van der Waals surface area contributed by atoms with Gasteiger partial charge in [0.2, 0.25) is 0 Å². The van der Waals surface area contributed by atoms with Gasteiger partial charge in [-0.1, -0.05) is 6.07 Å². The molecule has 1 N–H and O–H groups in total. The third-order valence-corrected chi connectivity index (χ3v) is 2.30. The van der Waals surface area contributed by atoms with E-state index in [9.17, 15) is 0 Å². The lowest BCUT2D eigenvalue weighted by Gasteiger charge is -2.04. The van der Waals surface area contributed by atoms with E-state index in [0.717, 1.165) is 18.5 Å². The lowest BCUT2D eigenvalue weighted by Crippen LogP contribution is -2.00. The summed E-state index contributed by atoms with van der Waals surface area (Å²) in [6.45, 7) is 0.240. The van der Waals surface area contributed by atoms with Crippen molar-refractivity contribution in [3.63, 3.8) is 0 Å². The van der Waals surface area contributed by atoms with E-state index in [2.05, 4.69) is 11.1 Å². The Balaban J connectivity index is 2.39. The van der Waals surface area contributed by atoms with Crippen LogP contribution in [-0.2, 0) is 6.42 Å². The summed E-state index contributed by atoms with van der Waals surface area (Å²) < 4.78 is 0. The third-order valence-electron chi connectivity index (χ3n) is 2.30. The zero-order valence-electron chi connectivity index (χ0n) is 6.33. The molecule has 2 heteroatoms. The summed E-state index contributed by atoms with van der Waals surface area (Å²) in [5.41, 5.74) is 2.42. The van der Waals surface area contributed by atoms with Gasteiger partial charge in [-0.2, -0.15) is 0 Å². The molecule has 1 aromatic rings. The van der Waals surface area contributed by atoms with Gasteiger partial charge in [0, 0.05) is 17.8 Å². The number of aliphatic hydroxyl groups is 1. The van der Waals surface area contributed by atoms with E-state index < -0.39 is 0 Å². The number of aryl methyl sites for hydroxylation is 1. The average molecular weight is 149 g/mol. The molecule has 1 atom stereocenters. The minimum atomic E-state index is 0.240. The van der Waals surface area contributed by atoms with Gasteiger partial charge in [0.15, 0.2) is 0 Å². The fourth-order valence-electron chi connectivity index (χ4n) is 1.67. The van der Waals surface area contributed by atoms with Crippen molar-refractivity contribution < 1.29 is 5.11 Å². The fourth-order valence-corrected chi connectivity index (χ4v) is 1.67. The van der Waals surface area contributed by atoms with Gasteiger partial charge in [0.05, 0.1) is 6.61 Å². The summed E-state index contributed by atoms with van der Waals surface area (Å²) in [6.07, 6.45) is 3.93. The van der Waals surface area contributed by atoms with E-state index in [-0.39, 0.29) is 6.61 Å². The molecule has 0 fully saturated rings. The van der Waals surface area contributed by atoms with Gasteiger partial charge in [-0.05, 0) is 24.5 Å². The van der Waals surface area contributed by atoms with Gasteiger partial charge < -0.3 is 5.11 Å². The van der Waals surface area contributed by atoms with Crippen molar-refractivity contribution in [2.24, 2.45) is 0 Å². The normalized spacial score (nSPS) is 21.7. The molecule has 0 unspecified atom stereocenters. The minimum absolute atomic E-state index is 0.240. The van der Waals surface area contributed by atoms with Gasteiger partial charge in [-0.15, -0.1) is 0 Å². The molecular weight excluding hydrogens is 138 g/mol. The first-order chi connectivity index (χ1) is 5.42. The molecule has 58 valence electrons. The Kier molecular flexibility index (Phi) is 1.62. The number of nitrogens with zero attached hydrogens (tertiary/aromatic N) is 1. The standard InChI is InChI=1S/C9H11NO/c11-6-8-4-3-7-2-1-5-10-9(7)8/h1-2,5,8,11H,3-4,6H2/t8-/m0/s1. The molecule has 1 heterocycles. The molecular formula is C9H11NO. The lowest BCUT2D eigenvalue weighted by atomic mass is 10.1. The predicted molar refractivity (Wildman–Crippen MR) is 42.4 cm³/mol. The highest BCUT2D eigenvalue weighted by Gasteiger charge is 2.21. The van der Waals surface area contributed by atoms with Crippen LogP contribution in [0.1, 0.15) is 23.6 Å². The average Bonchev–Trinajstić information content (AvgIpc) is 2.47. The first-order valence-electron chi connectivity index (χ1n) is 3.96. The molecule has 0 spiro atoms. The molecule has 11 heavy (non-hydrogen) atoms. The van der Waals surface area contributed by atoms with E-state index in [4.69, 9.17) is 5.11 Å². The number of pyridine rings is 1. The Morgan fingerprint density at radius 3 is 3.36 bits per heavy atom. The van der Waals surface area contributed by atoms with Crippen LogP contribution in [-0.4, -0.2) is 16.7 Å². The summed E-state index contributed by atoms with van der Waals surface area (Å²) in [4.78, 5) is 4.25. The van der Waals surface area contributed by atoms with Crippen LogP contribution in [0.2, 0.25) is 0 Å².